The zero-order valence-electron chi connectivity index (χ0n) is 14.3. The second-order valence-electron chi connectivity index (χ2n) is 5.93. The van der Waals surface area contributed by atoms with Crippen LogP contribution < -0.4 is 10.2 Å². The minimum Gasteiger partial charge on any atom is -0.483 e. The van der Waals surface area contributed by atoms with Crippen molar-refractivity contribution in [1.82, 2.24) is 9.88 Å². The predicted octanol–water partition coefficient (Wildman–Crippen LogP) is 3.29. The molecule has 1 aromatic heterocycles. The van der Waals surface area contributed by atoms with Gasteiger partial charge in [0.2, 0.25) is 5.13 Å². The Hall–Kier alpha value is -2.41. The number of aryl methyl sites for hydroxylation is 1. The standard InChI is InChI=1S/C18H22N4O2S/c1-14-13-25-18(20-14)21-19-11-15-7-3-4-8-16(15)24-12-17(23)22-9-5-2-6-10-22/h3-4,7-8,11,13H,2,5-6,9-10,12H2,1H3,(H,20,21). The number of aromatic nitrogens is 1. The molecule has 1 aliphatic rings. The van der Waals surface area contributed by atoms with Crippen molar-refractivity contribution in [3.05, 3.63) is 40.9 Å². The molecular weight excluding hydrogens is 336 g/mol. The molecule has 1 aliphatic heterocycles. The van der Waals surface area contributed by atoms with Crippen LogP contribution in [-0.4, -0.2) is 41.7 Å². The van der Waals surface area contributed by atoms with E-state index in [4.69, 9.17) is 4.74 Å². The molecule has 1 N–H and O–H groups in total. The maximum absolute atomic E-state index is 12.2. The van der Waals surface area contributed by atoms with Gasteiger partial charge in [-0.1, -0.05) is 12.1 Å². The van der Waals surface area contributed by atoms with Gasteiger partial charge >= 0.3 is 0 Å². The molecule has 0 spiro atoms. The first-order valence-corrected chi connectivity index (χ1v) is 9.31. The van der Waals surface area contributed by atoms with Gasteiger partial charge in [-0.15, -0.1) is 11.3 Å². The summed E-state index contributed by atoms with van der Waals surface area (Å²) >= 11 is 1.50. The molecule has 0 bridgehead atoms. The van der Waals surface area contributed by atoms with Crippen LogP contribution in [0.25, 0.3) is 0 Å². The number of amides is 1. The first kappa shape index (κ1) is 17.4. The highest BCUT2D eigenvalue weighted by atomic mass is 32.1. The highest BCUT2D eigenvalue weighted by Crippen LogP contribution is 2.18. The van der Waals surface area contributed by atoms with Crippen LogP contribution in [-0.2, 0) is 4.79 Å². The van der Waals surface area contributed by atoms with Crippen LogP contribution in [0.3, 0.4) is 0 Å². The summed E-state index contributed by atoms with van der Waals surface area (Å²) in [4.78, 5) is 18.4. The van der Waals surface area contributed by atoms with E-state index in [1.54, 1.807) is 6.21 Å². The first-order chi connectivity index (χ1) is 12.2. The third kappa shape index (κ3) is 5.03. The fourth-order valence-electron chi connectivity index (χ4n) is 2.66. The molecule has 1 saturated heterocycles. The minimum absolute atomic E-state index is 0.0443. The van der Waals surface area contributed by atoms with Crippen molar-refractivity contribution in [2.24, 2.45) is 5.10 Å². The van der Waals surface area contributed by atoms with E-state index in [2.05, 4.69) is 15.5 Å². The van der Waals surface area contributed by atoms with Crippen molar-refractivity contribution >= 4 is 28.6 Å². The van der Waals surface area contributed by atoms with E-state index < -0.39 is 0 Å². The molecule has 25 heavy (non-hydrogen) atoms. The van der Waals surface area contributed by atoms with E-state index in [1.165, 1.54) is 17.8 Å². The lowest BCUT2D eigenvalue weighted by atomic mass is 10.1. The highest BCUT2D eigenvalue weighted by molar-refractivity contribution is 7.13. The van der Waals surface area contributed by atoms with Crippen molar-refractivity contribution in [2.45, 2.75) is 26.2 Å². The normalized spacial score (nSPS) is 14.7. The van der Waals surface area contributed by atoms with Gasteiger partial charge in [-0.05, 0) is 38.3 Å². The number of anilines is 1. The molecule has 7 heteroatoms. The van der Waals surface area contributed by atoms with Crippen molar-refractivity contribution in [1.29, 1.82) is 0 Å². The molecule has 1 aromatic carbocycles. The first-order valence-electron chi connectivity index (χ1n) is 8.43. The maximum atomic E-state index is 12.2. The van der Waals surface area contributed by atoms with Crippen LogP contribution >= 0.6 is 11.3 Å². The SMILES string of the molecule is Cc1csc(NN=Cc2ccccc2OCC(=O)N2CCCCC2)n1. The molecule has 0 radical (unpaired) electrons. The van der Waals surface area contributed by atoms with Crippen LogP contribution in [0.1, 0.15) is 30.5 Å². The third-order valence-electron chi connectivity index (χ3n) is 3.96. The van der Waals surface area contributed by atoms with Gasteiger partial charge in [0.15, 0.2) is 6.61 Å². The van der Waals surface area contributed by atoms with Gasteiger partial charge in [0.1, 0.15) is 5.75 Å². The molecule has 0 saturated carbocycles. The number of rotatable bonds is 6. The summed E-state index contributed by atoms with van der Waals surface area (Å²) in [7, 11) is 0. The van der Waals surface area contributed by atoms with Gasteiger partial charge in [0, 0.05) is 24.0 Å². The maximum Gasteiger partial charge on any atom is 0.260 e. The average molecular weight is 358 g/mol. The fraction of sp³-hybridized carbons (Fsp3) is 0.389. The van der Waals surface area contributed by atoms with E-state index in [0.29, 0.717) is 5.75 Å². The number of para-hydroxylation sites is 1. The van der Waals surface area contributed by atoms with Gasteiger partial charge in [0.25, 0.3) is 5.91 Å². The van der Waals surface area contributed by atoms with Gasteiger partial charge < -0.3 is 9.64 Å². The summed E-state index contributed by atoms with van der Waals surface area (Å²) in [5.41, 5.74) is 4.68. The predicted molar refractivity (Wildman–Crippen MR) is 100 cm³/mol. The van der Waals surface area contributed by atoms with Crippen LogP contribution in [0.4, 0.5) is 5.13 Å². The van der Waals surface area contributed by atoms with Crippen molar-refractivity contribution in [2.75, 3.05) is 25.1 Å². The molecule has 1 fully saturated rings. The molecule has 0 unspecified atom stereocenters. The lowest BCUT2D eigenvalue weighted by Crippen LogP contribution is -2.38. The van der Waals surface area contributed by atoms with Crippen molar-refractivity contribution in [3.63, 3.8) is 0 Å². The Kier molecular flexibility index (Phi) is 6.00. The monoisotopic (exact) mass is 358 g/mol. The van der Waals surface area contributed by atoms with Gasteiger partial charge in [-0.3, -0.25) is 10.2 Å². The number of hydrogen-bond acceptors (Lipinski definition) is 6. The van der Waals surface area contributed by atoms with E-state index in [9.17, 15) is 4.79 Å². The number of piperidine rings is 1. The Morgan fingerprint density at radius 2 is 2.16 bits per heavy atom. The zero-order chi connectivity index (χ0) is 17.5. The van der Waals surface area contributed by atoms with Crippen LogP contribution in [0.15, 0.2) is 34.7 Å². The van der Waals surface area contributed by atoms with Gasteiger partial charge in [-0.25, -0.2) is 4.98 Å². The number of ether oxygens (including phenoxy) is 1. The molecule has 0 atom stereocenters. The average Bonchev–Trinajstić information content (AvgIpc) is 3.06. The number of likely N-dealkylation sites (tertiary alicyclic amines) is 1. The lowest BCUT2D eigenvalue weighted by molar-refractivity contribution is -0.134. The molecule has 2 aromatic rings. The van der Waals surface area contributed by atoms with Gasteiger partial charge in [0.05, 0.1) is 11.9 Å². The summed E-state index contributed by atoms with van der Waals surface area (Å²) in [5, 5.41) is 6.90. The van der Waals surface area contributed by atoms with E-state index in [0.717, 1.165) is 42.3 Å². The zero-order valence-corrected chi connectivity index (χ0v) is 15.1. The molecule has 132 valence electrons. The van der Waals surface area contributed by atoms with Crippen molar-refractivity contribution < 1.29 is 9.53 Å². The Labute approximate surface area is 151 Å². The van der Waals surface area contributed by atoms with Crippen LogP contribution in [0, 0.1) is 6.92 Å². The largest absolute Gasteiger partial charge is 0.483 e. The van der Waals surface area contributed by atoms with E-state index in [-0.39, 0.29) is 12.5 Å². The summed E-state index contributed by atoms with van der Waals surface area (Å²) < 4.78 is 5.74. The highest BCUT2D eigenvalue weighted by Gasteiger charge is 2.17. The smallest absolute Gasteiger partial charge is 0.260 e. The second-order valence-corrected chi connectivity index (χ2v) is 6.79. The molecule has 0 aliphatic carbocycles. The Morgan fingerprint density at radius 1 is 1.36 bits per heavy atom. The number of nitrogens with zero attached hydrogens (tertiary/aromatic N) is 3. The molecule has 1 amide bonds. The molecule has 3 rings (SSSR count). The summed E-state index contributed by atoms with van der Waals surface area (Å²) in [5.74, 6) is 0.691. The van der Waals surface area contributed by atoms with E-state index in [1.807, 2.05) is 41.5 Å². The lowest BCUT2D eigenvalue weighted by Gasteiger charge is -2.26. The Morgan fingerprint density at radius 3 is 2.92 bits per heavy atom. The quantitative estimate of drug-likeness (QED) is 0.636. The fourth-order valence-corrected chi connectivity index (χ4v) is 3.29. The molecular formula is C18H22N4O2S. The number of carbonyl (C=O) groups is 1. The second kappa shape index (κ2) is 8.62. The molecule has 2 heterocycles. The number of benzene rings is 1. The Bertz CT molecular complexity index is 738. The van der Waals surface area contributed by atoms with E-state index >= 15 is 0 Å². The minimum atomic E-state index is 0.0443. The number of hydrogen-bond donors (Lipinski definition) is 1. The number of nitrogens with one attached hydrogen (secondary N) is 1. The topological polar surface area (TPSA) is 66.8 Å². The summed E-state index contributed by atoms with van der Waals surface area (Å²) in [6.07, 6.45) is 5.04. The number of thiazole rings is 1. The third-order valence-corrected chi connectivity index (χ3v) is 4.83. The van der Waals surface area contributed by atoms with Crippen molar-refractivity contribution in [3.8, 4) is 5.75 Å². The Balaban J connectivity index is 1.57. The summed E-state index contributed by atoms with van der Waals surface area (Å²) in [6, 6.07) is 7.54. The summed E-state index contributed by atoms with van der Waals surface area (Å²) in [6.45, 7) is 3.67. The number of carbonyl (C=O) groups excluding carboxylic acids is 1. The van der Waals surface area contributed by atoms with Gasteiger partial charge in [-0.2, -0.15) is 5.10 Å². The molecule has 6 nitrogen and oxygen atoms in total. The van der Waals surface area contributed by atoms with Crippen LogP contribution in [0.5, 0.6) is 5.75 Å². The van der Waals surface area contributed by atoms with Crippen LogP contribution in [0.2, 0.25) is 0 Å². The number of hydrazone groups is 1.